The van der Waals surface area contributed by atoms with Gasteiger partial charge in [-0.05, 0) is 32.6 Å². The number of carbonyl (C=O) groups is 1. The maximum absolute atomic E-state index is 11.8. The molecule has 2 atom stereocenters. The molecule has 0 aromatic rings. The number of ether oxygens (including phenoxy) is 1. The SMILES string of the molecule is CCCNC(=O)C(CC)CC(C)OCCC. The quantitative estimate of drug-likeness (QED) is 0.660. The Morgan fingerprint density at radius 1 is 1.25 bits per heavy atom. The van der Waals surface area contributed by atoms with Crippen molar-refractivity contribution in [1.82, 2.24) is 5.32 Å². The van der Waals surface area contributed by atoms with E-state index in [1.807, 2.05) is 6.92 Å². The zero-order valence-electron chi connectivity index (χ0n) is 11.2. The van der Waals surface area contributed by atoms with E-state index in [0.717, 1.165) is 38.8 Å². The largest absolute Gasteiger partial charge is 0.378 e. The highest BCUT2D eigenvalue weighted by molar-refractivity contribution is 5.78. The van der Waals surface area contributed by atoms with Crippen molar-refractivity contribution < 1.29 is 9.53 Å². The van der Waals surface area contributed by atoms with Gasteiger partial charge in [0.05, 0.1) is 6.10 Å². The van der Waals surface area contributed by atoms with Crippen LogP contribution in [0.2, 0.25) is 0 Å². The molecule has 0 aromatic heterocycles. The van der Waals surface area contributed by atoms with Crippen LogP contribution in [0.5, 0.6) is 0 Å². The first-order valence-corrected chi connectivity index (χ1v) is 6.54. The number of hydrogen-bond acceptors (Lipinski definition) is 2. The molecule has 0 aliphatic carbocycles. The van der Waals surface area contributed by atoms with Gasteiger partial charge in [-0.15, -0.1) is 0 Å². The van der Waals surface area contributed by atoms with Crippen LogP contribution in [0.1, 0.15) is 53.4 Å². The smallest absolute Gasteiger partial charge is 0.223 e. The second kappa shape index (κ2) is 9.64. The Bertz CT molecular complexity index is 183. The number of hydrogen-bond donors (Lipinski definition) is 1. The summed E-state index contributed by atoms with van der Waals surface area (Å²) in [5, 5.41) is 2.95. The Morgan fingerprint density at radius 2 is 1.94 bits per heavy atom. The fourth-order valence-electron chi connectivity index (χ4n) is 1.64. The summed E-state index contributed by atoms with van der Waals surface area (Å²) in [6.07, 6.45) is 3.91. The summed E-state index contributed by atoms with van der Waals surface area (Å²) in [6.45, 7) is 9.83. The lowest BCUT2D eigenvalue weighted by molar-refractivity contribution is -0.126. The highest BCUT2D eigenvalue weighted by Crippen LogP contribution is 2.13. The monoisotopic (exact) mass is 229 g/mol. The zero-order valence-corrected chi connectivity index (χ0v) is 11.2. The lowest BCUT2D eigenvalue weighted by atomic mass is 9.98. The van der Waals surface area contributed by atoms with Crippen LogP contribution in [-0.2, 0) is 9.53 Å². The van der Waals surface area contributed by atoms with Gasteiger partial charge in [0, 0.05) is 19.1 Å². The first kappa shape index (κ1) is 15.4. The van der Waals surface area contributed by atoms with Crippen LogP contribution < -0.4 is 5.32 Å². The molecular formula is C13H27NO2. The molecule has 0 bridgehead atoms. The van der Waals surface area contributed by atoms with Gasteiger partial charge in [0.15, 0.2) is 0 Å². The third kappa shape index (κ3) is 6.83. The van der Waals surface area contributed by atoms with Crippen molar-refractivity contribution in [2.45, 2.75) is 59.5 Å². The normalized spacial score (nSPS) is 14.5. The second-order valence-electron chi connectivity index (χ2n) is 4.31. The molecule has 1 N–H and O–H groups in total. The summed E-state index contributed by atoms with van der Waals surface area (Å²) < 4.78 is 5.60. The number of nitrogens with one attached hydrogen (secondary N) is 1. The van der Waals surface area contributed by atoms with Gasteiger partial charge in [0.1, 0.15) is 0 Å². The van der Waals surface area contributed by atoms with Gasteiger partial charge in [-0.2, -0.15) is 0 Å². The van der Waals surface area contributed by atoms with Crippen LogP contribution in [0.15, 0.2) is 0 Å². The van der Waals surface area contributed by atoms with Gasteiger partial charge in [0.2, 0.25) is 5.91 Å². The van der Waals surface area contributed by atoms with E-state index in [-0.39, 0.29) is 17.9 Å². The summed E-state index contributed by atoms with van der Waals surface area (Å²) in [4.78, 5) is 11.8. The molecule has 3 nitrogen and oxygen atoms in total. The van der Waals surface area contributed by atoms with Crippen LogP contribution >= 0.6 is 0 Å². The number of carbonyl (C=O) groups excluding carboxylic acids is 1. The van der Waals surface area contributed by atoms with E-state index in [1.165, 1.54) is 0 Å². The summed E-state index contributed by atoms with van der Waals surface area (Å²) in [7, 11) is 0. The van der Waals surface area contributed by atoms with Crippen molar-refractivity contribution >= 4 is 5.91 Å². The summed E-state index contributed by atoms with van der Waals surface area (Å²) in [5.74, 6) is 0.273. The first-order chi connectivity index (χ1) is 7.65. The molecule has 1 amide bonds. The molecule has 96 valence electrons. The Morgan fingerprint density at radius 3 is 2.44 bits per heavy atom. The molecular weight excluding hydrogens is 202 g/mol. The molecule has 0 radical (unpaired) electrons. The minimum Gasteiger partial charge on any atom is -0.378 e. The average Bonchev–Trinajstić information content (AvgIpc) is 2.30. The molecule has 0 saturated heterocycles. The predicted octanol–water partition coefficient (Wildman–Crippen LogP) is 2.74. The molecule has 0 heterocycles. The molecule has 3 heteroatoms. The van der Waals surface area contributed by atoms with Gasteiger partial charge in [-0.1, -0.05) is 20.8 Å². The third-order valence-corrected chi connectivity index (χ3v) is 2.64. The van der Waals surface area contributed by atoms with E-state index in [9.17, 15) is 4.79 Å². The molecule has 0 fully saturated rings. The van der Waals surface area contributed by atoms with E-state index < -0.39 is 0 Å². The molecule has 2 unspecified atom stereocenters. The van der Waals surface area contributed by atoms with Crippen LogP contribution in [0.4, 0.5) is 0 Å². The van der Waals surface area contributed by atoms with Crippen LogP contribution in [-0.4, -0.2) is 25.2 Å². The van der Waals surface area contributed by atoms with E-state index in [0.29, 0.717) is 0 Å². The third-order valence-electron chi connectivity index (χ3n) is 2.64. The van der Waals surface area contributed by atoms with Gasteiger partial charge in [-0.3, -0.25) is 4.79 Å². The van der Waals surface area contributed by atoms with Crippen molar-refractivity contribution in [3.63, 3.8) is 0 Å². The highest BCUT2D eigenvalue weighted by atomic mass is 16.5. The topological polar surface area (TPSA) is 38.3 Å². The molecule has 0 saturated carbocycles. The lowest BCUT2D eigenvalue weighted by Gasteiger charge is -2.19. The van der Waals surface area contributed by atoms with Crippen molar-refractivity contribution in [3.8, 4) is 0 Å². The zero-order chi connectivity index (χ0) is 12.4. The average molecular weight is 229 g/mol. The minimum absolute atomic E-state index is 0.0957. The van der Waals surface area contributed by atoms with Gasteiger partial charge in [0.25, 0.3) is 0 Å². The first-order valence-electron chi connectivity index (χ1n) is 6.54. The molecule has 16 heavy (non-hydrogen) atoms. The highest BCUT2D eigenvalue weighted by Gasteiger charge is 2.18. The van der Waals surface area contributed by atoms with E-state index >= 15 is 0 Å². The number of amides is 1. The van der Waals surface area contributed by atoms with Crippen LogP contribution in [0.3, 0.4) is 0 Å². The van der Waals surface area contributed by atoms with E-state index in [1.54, 1.807) is 0 Å². The van der Waals surface area contributed by atoms with Crippen molar-refractivity contribution in [2.24, 2.45) is 5.92 Å². The van der Waals surface area contributed by atoms with E-state index in [2.05, 4.69) is 26.1 Å². The summed E-state index contributed by atoms with van der Waals surface area (Å²) >= 11 is 0. The van der Waals surface area contributed by atoms with E-state index in [4.69, 9.17) is 4.74 Å². The second-order valence-corrected chi connectivity index (χ2v) is 4.31. The van der Waals surface area contributed by atoms with Gasteiger partial charge in [-0.25, -0.2) is 0 Å². The predicted molar refractivity (Wildman–Crippen MR) is 67.4 cm³/mol. The van der Waals surface area contributed by atoms with Crippen molar-refractivity contribution in [3.05, 3.63) is 0 Å². The fourth-order valence-corrected chi connectivity index (χ4v) is 1.64. The van der Waals surface area contributed by atoms with Crippen molar-refractivity contribution in [2.75, 3.05) is 13.2 Å². The Kier molecular flexibility index (Phi) is 9.30. The minimum atomic E-state index is 0.0957. The Hall–Kier alpha value is -0.570. The molecule has 0 rings (SSSR count). The van der Waals surface area contributed by atoms with Crippen LogP contribution in [0, 0.1) is 5.92 Å². The standard InChI is InChI=1S/C13H27NO2/c1-5-8-14-13(15)12(7-3)10-11(4)16-9-6-2/h11-12H,5-10H2,1-4H3,(H,14,15). The molecule has 0 aliphatic rings. The maximum atomic E-state index is 11.8. The Labute approximate surface area is 99.9 Å². The van der Waals surface area contributed by atoms with Gasteiger partial charge >= 0.3 is 0 Å². The summed E-state index contributed by atoms with van der Waals surface area (Å²) in [6, 6.07) is 0. The summed E-state index contributed by atoms with van der Waals surface area (Å²) in [5.41, 5.74) is 0. The van der Waals surface area contributed by atoms with Crippen molar-refractivity contribution in [1.29, 1.82) is 0 Å². The molecule has 0 aromatic carbocycles. The maximum Gasteiger partial charge on any atom is 0.223 e. The fraction of sp³-hybridized carbons (Fsp3) is 0.923. The van der Waals surface area contributed by atoms with Crippen LogP contribution in [0.25, 0.3) is 0 Å². The Balaban J connectivity index is 3.92. The van der Waals surface area contributed by atoms with Gasteiger partial charge < -0.3 is 10.1 Å². The number of rotatable bonds is 9. The molecule has 0 spiro atoms. The molecule has 0 aliphatic heterocycles. The lowest BCUT2D eigenvalue weighted by Crippen LogP contribution is -2.33.